The second-order valence-electron chi connectivity index (χ2n) is 5.28. The summed E-state index contributed by atoms with van der Waals surface area (Å²) in [5, 5.41) is 6.57. The summed E-state index contributed by atoms with van der Waals surface area (Å²) in [6, 6.07) is 12.1. The van der Waals surface area contributed by atoms with Gasteiger partial charge >= 0.3 is 0 Å². The molecule has 7 nitrogen and oxygen atoms in total. The molecule has 0 fully saturated rings. The van der Waals surface area contributed by atoms with Crippen molar-refractivity contribution in [3.8, 4) is 23.0 Å². The van der Waals surface area contributed by atoms with Gasteiger partial charge in [-0.05, 0) is 31.2 Å². The first-order valence-electron chi connectivity index (χ1n) is 7.54. The fraction of sp³-hybridized carbons (Fsp3) is 0.167. The maximum Gasteiger partial charge on any atom is 0.257 e. The van der Waals surface area contributed by atoms with Crippen LogP contribution in [0.15, 0.2) is 47.0 Å². The molecule has 0 saturated heterocycles. The Hall–Kier alpha value is -3.35. The zero-order valence-corrected chi connectivity index (χ0v) is 14.1. The molecule has 1 amide bonds. The predicted octanol–water partition coefficient (Wildman–Crippen LogP) is 3.31. The quantitative estimate of drug-likeness (QED) is 0.767. The number of nitrogens with one attached hydrogen (secondary N) is 1. The van der Waals surface area contributed by atoms with E-state index in [2.05, 4.69) is 15.5 Å². The van der Waals surface area contributed by atoms with Crippen molar-refractivity contribution >= 4 is 11.6 Å². The summed E-state index contributed by atoms with van der Waals surface area (Å²) in [6.45, 7) is 1.75. The molecule has 2 aromatic carbocycles. The van der Waals surface area contributed by atoms with Gasteiger partial charge in [-0.1, -0.05) is 5.16 Å². The molecule has 0 aliphatic rings. The Morgan fingerprint density at radius 3 is 2.20 bits per heavy atom. The maximum atomic E-state index is 12.4. The molecule has 0 spiro atoms. The number of ether oxygens (including phenoxy) is 2. The fourth-order valence-electron chi connectivity index (χ4n) is 2.26. The van der Waals surface area contributed by atoms with Gasteiger partial charge in [-0.2, -0.15) is 4.98 Å². The van der Waals surface area contributed by atoms with Crippen molar-refractivity contribution in [1.29, 1.82) is 0 Å². The Kier molecular flexibility index (Phi) is 4.65. The number of hydrogen-bond acceptors (Lipinski definition) is 6. The van der Waals surface area contributed by atoms with Gasteiger partial charge < -0.3 is 19.3 Å². The molecule has 3 rings (SSSR count). The molecule has 0 aliphatic heterocycles. The number of carbonyl (C=O) groups is 1. The smallest absolute Gasteiger partial charge is 0.257 e. The molecular weight excluding hydrogens is 322 g/mol. The third-order valence-electron chi connectivity index (χ3n) is 3.53. The lowest BCUT2D eigenvalue weighted by atomic mass is 10.1. The van der Waals surface area contributed by atoms with E-state index in [0.29, 0.717) is 34.5 Å². The number of aromatic nitrogens is 2. The van der Waals surface area contributed by atoms with Crippen molar-refractivity contribution in [2.24, 2.45) is 0 Å². The lowest BCUT2D eigenvalue weighted by molar-refractivity contribution is 0.102. The highest BCUT2D eigenvalue weighted by Gasteiger charge is 2.11. The predicted molar refractivity (Wildman–Crippen MR) is 92.0 cm³/mol. The van der Waals surface area contributed by atoms with Crippen molar-refractivity contribution in [2.45, 2.75) is 6.92 Å². The van der Waals surface area contributed by atoms with Crippen LogP contribution in [-0.4, -0.2) is 30.3 Å². The number of benzene rings is 2. The van der Waals surface area contributed by atoms with E-state index in [-0.39, 0.29) is 5.91 Å². The molecule has 0 radical (unpaired) electrons. The number of amides is 1. The highest BCUT2D eigenvalue weighted by atomic mass is 16.5. The number of nitrogens with zero attached hydrogens (tertiary/aromatic N) is 2. The van der Waals surface area contributed by atoms with Gasteiger partial charge in [-0.15, -0.1) is 0 Å². The van der Waals surface area contributed by atoms with Crippen molar-refractivity contribution in [3.05, 3.63) is 53.9 Å². The molecule has 3 aromatic rings. The van der Waals surface area contributed by atoms with Gasteiger partial charge in [0.2, 0.25) is 0 Å². The first-order valence-corrected chi connectivity index (χ1v) is 7.54. The summed E-state index contributed by atoms with van der Waals surface area (Å²) < 4.78 is 15.5. The van der Waals surface area contributed by atoms with Gasteiger partial charge in [-0.3, -0.25) is 4.79 Å². The van der Waals surface area contributed by atoms with Gasteiger partial charge in [0.1, 0.15) is 11.5 Å². The Morgan fingerprint density at radius 2 is 1.68 bits per heavy atom. The first kappa shape index (κ1) is 16.5. The van der Waals surface area contributed by atoms with E-state index in [1.807, 2.05) is 0 Å². The maximum absolute atomic E-state index is 12.4. The molecule has 25 heavy (non-hydrogen) atoms. The SMILES string of the molecule is COc1cc(NC(=O)c2ccc(-c3nc(C)no3)cc2)cc(OC)c1. The topological polar surface area (TPSA) is 86.5 Å². The standard InChI is InChI=1S/C18H17N3O4/c1-11-19-18(25-21-11)13-6-4-12(5-7-13)17(22)20-14-8-15(23-2)10-16(9-14)24-3/h4-10H,1-3H3,(H,20,22). The summed E-state index contributed by atoms with van der Waals surface area (Å²) in [4.78, 5) is 16.6. The van der Waals surface area contributed by atoms with E-state index in [0.717, 1.165) is 5.56 Å². The van der Waals surface area contributed by atoms with E-state index in [1.54, 1.807) is 63.6 Å². The minimum Gasteiger partial charge on any atom is -0.497 e. The lowest BCUT2D eigenvalue weighted by Gasteiger charge is -2.10. The van der Waals surface area contributed by atoms with Gasteiger partial charge in [0, 0.05) is 35.0 Å². The number of rotatable bonds is 5. The van der Waals surface area contributed by atoms with Gasteiger partial charge in [0.25, 0.3) is 11.8 Å². The molecule has 1 N–H and O–H groups in total. The highest BCUT2D eigenvalue weighted by molar-refractivity contribution is 6.04. The molecule has 0 unspecified atom stereocenters. The lowest BCUT2D eigenvalue weighted by Crippen LogP contribution is -2.11. The zero-order valence-electron chi connectivity index (χ0n) is 14.1. The number of aryl methyl sites for hydroxylation is 1. The van der Waals surface area contributed by atoms with Crippen molar-refractivity contribution in [2.75, 3.05) is 19.5 Å². The summed E-state index contributed by atoms with van der Waals surface area (Å²) in [7, 11) is 3.11. The Bertz CT molecular complexity index is 865. The average molecular weight is 339 g/mol. The van der Waals surface area contributed by atoms with Gasteiger partial charge in [0.15, 0.2) is 5.82 Å². The van der Waals surface area contributed by atoms with Crippen molar-refractivity contribution in [3.63, 3.8) is 0 Å². The Morgan fingerprint density at radius 1 is 1.04 bits per heavy atom. The largest absolute Gasteiger partial charge is 0.497 e. The van der Waals surface area contributed by atoms with Crippen LogP contribution in [0, 0.1) is 6.92 Å². The van der Waals surface area contributed by atoms with Crippen molar-refractivity contribution < 1.29 is 18.8 Å². The highest BCUT2D eigenvalue weighted by Crippen LogP contribution is 2.26. The Balaban J connectivity index is 1.77. The molecular formula is C18H17N3O4. The fourth-order valence-corrected chi connectivity index (χ4v) is 2.26. The van der Waals surface area contributed by atoms with Gasteiger partial charge in [-0.25, -0.2) is 0 Å². The second kappa shape index (κ2) is 7.04. The van der Waals surface area contributed by atoms with Crippen LogP contribution in [0.1, 0.15) is 16.2 Å². The molecule has 0 atom stereocenters. The minimum atomic E-state index is -0.247. The van der Waals surface area contributed by atoms with Crippen molar-refractivity contribution in [1.82, 2.24) is 10.1 Å². The van der Waals surface area contributed by atoms with Crippen LogP contribution in [0.4, 0.5) is 5.69 Å². The van der Waals surface area contributed by atoms with E-state index < -0.39 is 0 Å². The molecule has 7 heteroatoms. The molecule has 0 aliphatic carbocycles. The number of anilines is 1. The summed E-state index contributed by atoms with van der Waals surface area (Å²) in [6.07, 6.45) is 0. The van der Waals surface area contributed by atoms with Crippen LogP contribution in [0.5, 0.6) is 11.5 Å². The van der Waals surface area contributed by atoms with Crippen LogP contribution in [-0.2, 0) is 0 Å². The van der Waals surface area contributed by atoms with Crippen LogP contribution < -0.4 is 14.8 Å². The Labute approximate surface area is 144 Å². The first-order chi connectivity index (χ1) is 12.1. The van der Waals surface area contributed by atoms with Gasteiger partial charge in [0.05, 0.1) is 14.2 Å². The minimum absolute atomic E-state index is 0.247. The monoisotopic (exact) mass is 339 g/mol. The molecule has 128 valence electrons. The second-order valence-corrected chi connectivity index (χ2v) is 5.28. The van der Waals surface area contributed by atoms with Crippen LogP contribution in [0.2, 0.25) is 0 Å². The average Bonchev–Trinajstić information content (AvgIpc) is 3.07. The summed E-state index contributed by atoms with van der Waals surface area (Å²) in [5.74, 6) is 1.92. The number of methoxy groups -OCH3 is 2. The molecule has 1 aromatic heterocycles. The van der Waals surface area contributed by atoms with E-state index in [4.69, 9.17) is 14.0 Å². The van der Waals surface area contributed by atoms with Crippen LogP contribution in [0.25, 0.3) is 11.5 Å². The zero-order chi connectivity index (χ0) is 17.8. The normalized spacial score (nSPS) is 10.4. The molecule has 0 saturated carbocycles. The number of carbonyl (C=O) groups excluding carboxylic acids is 1. The summed E-state index contributed by atoms with van der Waals surface area (Å²) >= 11 is 0. The van der Waals surface area contributed by atoms with E-state index in [1.165, 1.54) is 0 Å². The molecule has 1 heterocycles. The summed E-state index contributed by atoms with van der Waals surface area (Å²) in [5.41, 5.74) is 1.83. The van der Waals surface area contributed by atoms with E-state index in [9.17, 15) is 4.79 Å². The van der Waals surface area contributed by atoms with Crippen LogP contribution >= 0.6 is 0 Å². The van der Waals surface area contributed by atoms with Crippen LogP contribution in [0.3, 0.4) is 0 Å². The third kappa shape index (κ3) is 3.77. The number of hydrogen-bond donors (Lipinski definition) is 1. The third-order valence-corrected chi connectivity index (χ3v) is 3.53. The van der Waals surface area contributed by atoms with E-state index >= 15 is 0 Å². The molecule has 0 bridgehead atoms.